The minimum Gasteiger partial charge on any atom is -0.457 e. The lowest BCUT2D eigenvalue weighted by atomic mass is 10.0. The Kier molecular flexibility index (Phi) is 5.47. The SMILES string of the molecule is O=C(OCc1ccccc1)c1cccc(S(=O)(=O)N2CCc3ccccc3C2)c1. The van der Waals surface area contributed by atoms with Crippen molar-refractivity contribution in [3.63, 3.8) is 0 Å². The van der Waals surface area contributed by atoms with Gasteiger partial charge in [-0.15, -0.1) is 0 Å². The first-order valence-corrected chi connectivity index (χ1v) is 10.9. The molecule has 3 aromatic rings. The number of carbonyl (C=O) groups is 1. The van der Waals surface area contributed by atoms with Crippen molar-refractivity contribution >= 4 is 16.0 Å². The molecule has 0 fully saturated rings. The summed E-state index contributed by atoms with van der Waals surface area (Å²) in [5, 5.41) is 0. The Morgan fingerprint density at radius 1 is 0.897 bits per heavy atom. The molecule has 0 saturated carbocycles. The van der Waals surface area contributed by atoms with Crippen LogP contribution < -0.4 is 0 Å². The van der Waals surface area contributed by atoms with Crippen LogP contribution in [0.4, 0.5) is 0 Å². The predicted molar refractivity (Wildman–Crippen MR) is 110 cm³/mol. The van der Waals surface area contributed by atoms with Gasteiger partial charge in [0.2, 0.25) is 10.0 Å². The normalized spacial score (nSPS) is 14.2. The largest absolute Gasteiger partial charge is 0.457 e. The van der Waals surface area contributed by atoms with Crippen molar-refractivity contribution in [1.82, 2.24) is 4.31 Å². The molecule has 6 heteroatoms. The van der Waals surface area contributed by atoms with Gasteiger partial charge in [-0.3, -0.25) is 0 Å². The van der Waals surface area contributed by atoms with Gasteiger partial charge in [-0.2, -0.15) is 4.31 Å². The third-order valence-electron chi connectivity index (χ3n) is 5.02. The van der Waals surface area contributed by atoms with Gasteiger partial charge in [0, 0.05) is 13.1 Å². The van der Waals surface area contributed by atoms with E-state index in [2.05, 4.69) is 0 Å². The Balaban J connectivity index is 1.51. The molecule has 29 heavy (non-hydrogen) atoms. The highest BCUT2D eigenvalue weighted by molar-refractivity contribution is 7.89. The van der Waals surface area contributed by atoms with Crippen LogP contribution in [0, 0.1) is 0 Å². The molecule has 1 aliphatic heterocycles. The predicted octanol–water partition coefficient (Wildman–Crippen LogP) is 3.79. The van der Waals surface area contributed by atoms with Crippen LogP contribution in [-0.2, 0) is 34.3 Å². The Hall–Kier alpha value is -2.96. The van der Waals surface area contributed by atoms with Crippen LogP contribution in [0.25, 0.3) is 0 Å². The molecule has 148 valence electrons. The zero-order chi connectivity index (χ0) is 20.3. The van der Waals surface area contributed by atoms with Crippen LogP contribution in [0.5, 0.6) is 0 Å². The van der Waals surface area contributed by atoms with Gasteiger partial charge < -0.3 is 4.74 Å². The third kappa shape index (κ3) is 4.23. The molecule has 0 amide bonds. The summed E-state index contributed by atoms with van der Waals surface area (Å²) in [5.74, 6) is -0.546. The zero-order valence-electron chi connectivity index (χ0n) is 15.8. The number of nitrogens with zero attached hydrogens (tertiary/aromatic N) is 1. The molecule has 0 N–H and O–H groups in total. The van der Waals surface area contributed by atoms with Crippen LogP contribution in [-0.4, -0.2) is 25.2 Å². The van der Waals surface area contributed by atoms with Gasteiger partial charge >= 0.3 is 5.97 Å². The van der Waals surface area contributed by atoms with E-state index in [9.17, 15) is 13.2 Å². The maximum absolute atomic E-state index is 13.1. The molecule has 0 aliphatic carbocycles. The van der Waals surface area contributed by atoms with E-state index in [0.29, 0.717) is 19.5 Å². The summed E-state index contributed by atoms with van der Waals surface area (Å²) in [6.45, 7) is 0.892. The van der Waals surface area contributed by atoms with Gasteiger partial charge in [-0.1, -0.05) is 60.7 Å². The minimum absolute atomic E-state index is 0.103. The number of esters is 1. The molecule has 0 radical (unpaired) electrons. The average molecular weight is 407 g/mol. The fourth-order valence-corrected chi connectivity index (χ4v) is 4.88. The maximum atomic E-state index is 13.1. The molecule has 0 bridgehead atoms. The summed E-state index contributed by atoms with van der Waals surface area (Å²) in [6, 6.07) is 23.3. The van der Waals surface area contributed by atoms with E-state index in [-0.39, 0.29) is 17.1 Å². The van der Waals surface area contributed by atoms with Crippen molar-refractivity contribution in [2.45, 2.75) is 24.5 Å². The fourth-order valence-electron chi connectivity index (χ4n) is 3.41. The standard InChI is InChI=1S/C23H21NO4S/c25-23(28-17-18-7-2-1-3-8-18)20-11-6-12-22(15-20)29(26,27)24-14-13-19-9-4-5-10-21(19)16-24/h1-12,15H,13-14,16-17H2. The first-order chi connectivity index (χ1) is 14.0. The van der Waals surface area contributed by atoms with Crippen molar-refractivity contribution in [2.24, 2.45) is 0 Å². The van der Waals surface area contributed by atoms with E-state index >= 15 is 0 Å². The highest BCUT2D eigenvalue weighted by Gasteiger charge is 2.28. The van der Waals surface area contributed by atoms with E-state index in [4.69, 9.17) is 4.74 Å². The first-order valence-electron chi connectivity index (χ1n) is 9.42. The maximum Gasteiger partial charge on any atom is 0.338 e. The lowest BCUT2D eigenvalue weighted by molar-refractivity contribution is 0.0472. The number of sulfonamides is 1. The molecule has 0 aromatic heterocycles. The van der Waals surface area contributed by atoms with Gasteiger partial charge in [0.25, 0.3) is 0 Å². The minimum atomic E-state index is -3.70. The molecule has 4 rings (SSSR count). The van der Waals surface area contributed by atoms with Crippen molar-refractivity contribution in [1.29, 1.82) is 0 Å². The number of carbonyl (C=O) groups excluding carboxylic acids is 1. The molecule has 0 spiro atoms. The Labute approximate surface area is 170 Å². The number of hydrogen-bond donors (Lipinski definition) is 0. The second kappa shape index (κ2) is 8.19. The average Bonchev–Trinajstić information content (AvgIpc) is 2.78. The third-order valence-corrected chi connectivity index (χ3v) is 6.86. The fraction of sp³-hybridized carbons (Fsp3) is 0.174. The summed E-state index contributed by atoms with van der Waals surface area (Å²) in [5.41, 5.74) is 3.29. The molecular formula is C23H21NO4S. The molecule has 0 saturated heterocycles. The van der Waals surface area contributed by atoms with Crippen molar-refractivity contribution < 1.29 is 17.9 Å². The van der Waals surface area contributed by atoms with Gasteiger partial charge in [0.05, 0.1) is 10.5 Å². The van der Waals surface area contributed by atoms with E-state index in [0.717, 1.165) is 11.1 Å². The summed E-state index contributed by atoms with van der Waals surface area (Å²) in [7, 11) is -3.70. The zero-order valence-corrected chi connectivity index (χ0v) is 16.6. The summed E-state index contributed by atoms with van der Waals surface area (Å²) in [4.78, 5) is 12.5. The van der Waals surface area contributed by atoms with Crippen molar-refractivity contribution in [3.8, 4) is 0 Å². The van der Waals surface area contributed by atoms with E-state index in [1.54, 1.807) is 12.1 Å². The van der Waals surface area contributed by atoms with Crippen LogP contribution in [0.15, 0.2) is 83.8 Å². The van der Waals surface area contributed by atoms with Crippen molar-refractivity contribution in [3.05, 3.63) is 101 Å². The van der Waals surface area contributed by atoms with Gasteiger partial charge in [-0.05, 0) is 41.3 Å². The molecular weight excluding hydrogens is 386 g/mol. The topological polar surface area (TPSA) is 63.7 Å². The number of fused-ring (bicyclic) bond motifs is 1. The second-order valence-electron chi connectivity index (χ2n) is 6.95. The van der Waals surface area contributed by atoms with Gasteiger partial charge in [-0.25, -0.2) is 13.2 Å². The highest BCUT2D eigenvalue weighted by atomic mass is 32.2. The number of benzene rings is 3. The lowest BCUT2D eigenvalue weighted by Crippen LogP contribution is -2.36. The number of rotatable bonds is 5. The number of hydrogen-bond acceptors (Lipinski definition) is 4. The summed E-state index contributed by atoms with van der Waals surface area (Å²) < 4.78 is 33.0. The second-order valence-corrected chi connectivity index (χ2v) is 8.88. The molecule has 3 aromatic carbocycles. The quantitative estimate of drug-likeness (QED) is 0.604. The molecule has 0 unspecified atom stereocenters. The monoisotopic (exact) mass is 407 g/mol. The molecule has 1 heterocycles. The van der Waals surface area contributed by atoms with E-state index in [1.807, 2.05) is 54.6 Å². The Bertz CT molecular complexity index is 1130. The Morgan fingerprint density at radius 2 is 1.62 bits per heavy atom. The molecule has 0 atom stereocenters. The molecule has 1 aliphatic rings. The summed E-state index contributed by atoms with van der Waals surface area (Å²) in [6.07, 6.45) is 0.675. The van der Waals surface area contributed by atoms with Crippen molar-refractivity contribution in [2.75, 3.05) is 6.54 Å². The smallest absolute Gasteiger partial charge is 0.338 e. The highest BCUT2D eigenvalue weighted by Crippen LogP contribution is 2.25. The van der Waals surface area contributed by atoms with Crippen LogP contribution in [0.1, 0.15) is 27.0 Å². The van der Waals surface area contributed by atoms with E-state index < -0.39 is 16.0 Å². The first kappa shape index (κ1) is 19.4. The molecule has 5 nitrogen and oxygen atoms in total. The van der Waals surface area contributed by atoms with Crippen LogP contribution >= 0.6 is 0 Å². The van der Waals surface area contributed by atoms with Gasteiger partial charge in [0.15, 0.2) is 0 Å². The number of ether oxygens (including phenoxy) is 1. The van der Waals surface area contributed by atoms with Crippen LogP contribution in [0.2, 0.25) is 0 Å². The lowest BCUT2D eigenvalue weighted by Gasteiger charge is -2.28. The Morgan fingerprint density at radius 3 is 2.41 bits per heavy atom. The van der Waals surface area contributed by atoms with Gasteiger partial charge in [0.1, 0.15) is 6.61 Å². The summed E-state index contributed by atoms with van der Waals surface area (Å²) >= 11 is 0. The van der Waals surface area contributed by atoms with E-state index in [1.165, 1.54) is 22.0 Å². The van der Waals surface area contributed by atoms with Crippen LogP contribution in [0.3, 0.4) is 0 Å².